The topological polar surface area (TPSA) is 58.4 Å². The van der Waals surface area contributed by atoms with Crippen LogP contribution in [0.25, 0.3) is 0 Å². The fourth-order valence-corrected chi connectivity index (χ4v) is 1.93. The summed E-state index contributed by atoms with van der Waals surface area (Å²) in [6.45, 7) is 5.09. The number of carbonyl (C=O) groups excluding carboxylic acids is 1. The third-order valence-electron chi connectivity index (χ3n) is 3.63. The molecule has 16 heavy (non-hydrogen) atoms. The molecule has 0 bridgehead atoms. The molecule has 1 saturated carbocycles. The van der Waals surface area contributed by atoms with E-state index in [1.165, 1.54) is 12.8 Å². The van der Waals surface area contributed by atoms with Crippen molar-refractivity contribution in [1.82, 2.24) is 10.2 Å². The zero-order valence-corrected chi connectivity index (χ0v) is 10.8. The number of nitrogens with two attached hydrogens (primary N) is 1. The Morgan fingerprint density at radius 2 is 2.00 bits per heavy atom. The summed E-state index contributed by atoms with van der Waals surface area (Å²) in [5, 5.41) is 3.08. The Kier molecular flexibility index (Phi) is 4.74. The van der Waals surface area contributed by atoms with E-state index in [2.05, 4.69) is 19.2 Å². The van der Waals surface area contributed by atoms with Crippen LogP contribution in [-0.2, 0) is 4.79 Å². The van der Waals surface area contributed by atoms with Gasteiger partial charge in [0.2, 0.25) is 5.91 Å². The van der Waals surface area contributed by atoms with Gasteiger partial charge in [0.05, 0.1) is 6.54 Å². The first-order valence-electron chi connectivity index (χ1n) is 6.16. The number of rotatable bonds is 5. The van der Waals surface area contributed by atoms with Crippen molar-refractivity contribution < 1.29 is 4.79 Å². The maximum atomic E-state index is 11.8. The summed E-state index contributed by atoms with van der Waals surface area (Å²) in [5.41, 5.74) is 5.56. The molecule has 1 aliphatic carbocycles. The molecule has 4 heteroatoms. The second-order valence-corrected chi connectivity index (χ2v) is 5.42. The number of carbonyl (C=O) groups is 1. The average Bonchev–Trinajstić information content (AvgIpc) is 2.70. The predicted molar refractivity (Wildman–Crippen MR) is 66.2 cm³/mol. The van der Waals surface area contributed by atoms with Crippen molar-refractivity contribution in [3.05, 3.63) is 0 Å². The van der Waals surface area contributed by atoms with Gasteiger partial charge in [-0.1, -0.05) is 12.8 Å². The van der Waals surface area contributed by atoms with Crippen LogP contribution >= 0.6 is 0 Å². The molecule has 1 fully saturated rings. The minimum Gasteiger partial charge on any atom is -0.352 e. The summed E-state index contributed by atoms with van der Waals surface area (Å²) in [6.07, 6.45) is 4.76. The Hall–Kier alpha value is -0.610. The molecule has 0 aromatic heterocycles. The van der Waals surface area contributed by atoms with Crippen LogP contribution in [0.3, 0.4) is 0 Å². The molecule has 0 spiro atoms. The molecule has 94 valence electrons. The van der Waals surface area contributed by atoms with E-state index in [-0.39, 0.29) is 11.4 Å². The minimum absolute atomic E-state index is 0.118. The lowest BCUT2D eigenvalue weighted by Crippen LogP contribution is -2.51. The van der Waals surface area contributed by atoms with E-state index in [9.17, 15) is 4.79 Å². The molecule has 0 aliphatic heterocycles. The number of amides is 1. The molecule has 1 aliphatic rings. The number of nitrogens with zero attached hydrogens (tertiary/aromatic N) is 1. The van der Waals surface area contributed by atoms with Gasteiger partial charge >= 0.3 is 0 Å². The van der Waals surface area contributed by atoms with E-state index in [0.717, 1.165) is 12.8 Å². The molecule has 0 unspecified atom stereocenters. The Labute approximate surface area is 98.6 Å². The van der Waals surface area contributed by atoms with Crippen molar-refractivity contribution in [3.8, 4) is 0 Å². The van der Waals surface area contributed by atoms with Gasteiger partial charge in [0.1, 0.15) is 0 Å². The molecule has 4 nitrogen and oxygen atoms in total. The van der Waals surface area contributed by atoms with E-state index >= 15 is 0 Å². The largest absolute Gasteiger partial charge is 0.352 e. The zero-order valence-electron chi connectivity index (χ0n) is 10.8. The first kappa shape index (κ1) is 13.5. The summed E-state index contributed by atoms with van der Waals surface area (Å²) >= 11 is 0. The summed E-state index contributed by atoms with van der Waals surface area (Å²) in [4.78, 5) is 13.8. The maximum Gasteiger partial charge on any atom is 0.234 e. The van der Waals surface area contributed by atoms with E-state index < -0.39 is 0 Å². The third-order valence-corrected chi connectivity index (χ3v) is 3.63. The minimum atomic E-state index is -0.118. The summed E-state index contributed by atoms with van der Waals surface area (Å²) in [7, 11) is 1.95. The average molecular weight is 227 g/mol. The van der Waals surface area contributed by atoms with E-state index in [0.29, 0.717) is 19.1 Å². The fraction of sp³-hybridized carbons (Fsp3) is 0.917. The van der Waals surface area contributed by atoms with E-state index in [1.54, 1.807) is 0 Å². The molecule has 0 heterocycles. The van der Waals surface area contributed by atoms with Gasteiger partial charge in [0, 0.05) is 18.1 Å². The van der Waals surface area contributed by atoms with Gasteiger partial charge in [-0.25, -0.2) is 0 Å². The summed E-state index contributed by atoms with van der Waals surface area (Å²) < 4.78 is 0. The maximum absolute atomic E-state index is 11.8. The highest BCUT2D eigenvalue weighted by Crippen LogP contribution is 2.17. The Balaban J connectivity index is 2.33. The van der Waals surface area contributed by atoms with Crippen LogP contribution in [0.5, 0.6) is 0 Å². The SMILES string of the molecule is CN(CC(=O)NC1CCCC1)C(C)(C)CN. The molecule has 0 saturated heterocycles. The Morgan fingerprint density at radius 1 is 1.44 bits per heavy atom. The van der Waals surface area contributed by atoms with Gasteiger partial charge < -0.3 is 11.1 Å². The van der Waals surface area contributed by atoms with Gasteiger partial charge in [-0.05, 0) is 33.7 Å². The number of likely N-dealkylation sites (N-methyl/N-ethyl adjacent to an activating group) is 1. The van der Waals surface area contributed by atoms with Crippen LogP contribution in [0.15, 0.2) is 0 Å². The highest BCUT2D eigenvalue weighted by Gasteiger charge is 2.24. The number of hydrogen-bond donors (Lipinski definition) is 2. The lowest BCUT2D eigenvalue weighted by atomic mass is 10.0. The van der Waals surface area contributed by atoms with Crippen molar-refractivity contribution in [1.29, 1.82) is 0 Å². The van der Waals surface area contributed by atoms with Crippen molar-refractivity contribution in [2.24, 2.45) is 5.73 Å². The van der Waals surface area contributed by atoms with Crippen molar-refractivity contribution in [2.45, 2.75) is 51.1 Å². The van der Waals surface area contributed by atoms with Crippen LogP contribution in [-0.4, -0.2) is 42.5 Å². The molecule has 3 N–H and O–H groups in total. The molecule has 0 atom stereocenters. The predicted octanol–water partition coefficient (Wildman–Crippen LogP) is 0.714. The summed E-state index contributed by atoms with van der Waals surface area (Å²) in [5.74, 6) is 0.121. The second kappa shape index (κ2) is 5.64. The molecule has 1 amide bonds. The fourth-order valence-electron chi connectivity index (χ4n) is 1.93. The third kappa shape index (κ3) is 3.76. The van der Waals surface area contributed by atoms with Crippen LogP contribution in [0.1, 0.15) is 39.5 Å². The zero-order chi connectivity index (χ0) is 12.2. The number of hydrogen-bond acceptors (Lipinski definition) is 3. The lowest BCUT2D eigenvalue weighted by Gasteiger charge is -2.34. The molecule has 0 aromatic carbocycles. The highest BCUT2D eigenvalue weighted by atomic mass is 16.2. The first-order valence-corrected chi connectivity index (χ1v) is 6.16. The Morgan fingerprint density at radius 3 is 2.50 bits per heavy atom. The second-order valence-electron chi connectivity index (χ2n) is 5.42. The van der Waals surface area contributed by atoms with Gasteiger partial charge in [-0.3, -0.25) is 9.69 Å². The van der Waals surface area contributed by atoms with Crippen LogP contribution < -0.4 is 11.1 Å². The molecular formula is C12H25N3O. The molecule has 0 radical (unpaired) electrons. The summed E-state index contributed by atoms with van der Waals surface area (Å²) in [6, 6.07) is 0.405. The van der Waals surface area contributed by atoms with Crippen LogP contribution in [0.2, 0.25) is 0 Å². The smallest absolute Gasteiger partial charge is 0.234 e. The van der Waals surface area contributed by atoms with Gasteiger partial charge in [0.15, 0.2) is 0 Å². The van der Waals surface area contributed by atoms with Gasteiger partial charge in [-0.15, -0.1) is 0 Å². The molecule has 1 rings (SSSR count). The van der Waals surface area contributed by atoms with E-state index in [4.69, 9.17) is 5.73 Å². The van der Waals surface area contributed by atoms with Crippen molar-refractivity contribution in [3.63, 3.8) is 0 Å². The molecular weight excluding hydrogens is 202 g/mol. The quantitative estimate of drug-likeness (QED) is 0.727. The van der Waals surface area contributed by atoms with Crippen molar-refractivity contribution >= 4 is 5.91 Å². The standard InChI is InChI=1S/C12H25N3O/c1-12(2,9-13)15(3)8-11(16)14-10-6-4-5-7-10/h10H,4-9,13H2,1-3H3,(H,14,16). The Bertz CT molecular complexity index is 234. The van der Waals surface area contributed by atoms with Gasteiger partial charge in [-0.2, -0.15) is 0 Å². The van der Waals surface area contributed by atoms with Crippen molar-refractivity contribution in [2.75, 3.05) is 20.1 Å². The number of nitrogens with one attached hydrogen (secondary N) is 1. The van der Waals surface area contributed by atoms with Gasteiger partial charge in [0.25, 0.3) is 0 Å². The van der Waals surface area contributed by atoms with Crippen LogP contribution in [0, 0.1) is 0 Å². The lowest BCUT2D eigenvalue weighted by molar-refractivity contribution is -0.123. The van der Waals surface area contributed by atoms with E-state index in [1.807, 2.05) is 11.9 Å². The first-order chi connectivity index (χ1) is 7.45. The van der Waals surface area contributed by atoms with Crippen LogP contribution in [0.4, 0.5) is 0 Å². The normalized spacial score (nSPS) is 18.1. The monoisotopic (exact) mass is 227 g/mol. The highest BCUT2D eigenvalue weighted by molar-refractivity contribution is 5.78. The molecule has 0 aromatic rings.